The number of rotatable bonds is 4. The van der Waals surface area contributed by atoms with Crippen molar-refractivity contribution in [3.63, 3.8) is 0 Å². The van der Waals surface area contributed by atoms with E-state index in [1.807, 2.05) is 6.92 Å². The number of carbonyl (C=O) groups is 3. The minimum Gasteiger partial charge on any atom is -0.481 e. The van der Waals surface area contributed by atoms with Crippen molar-refractivity contribution >= 4 is 39.2 Å². The zero-order chi connectivity index (χ0) is 19.7. The van der Waals surface area contributed by atoms with Gasteiger partial charge in [-0.1, -0.05) is 6.07 Å². The van der Waals surface area contributed by atoms with E-state index in [4.69, 9.17) is 5.11 Å². The molecule has 0 spiro atoms. The number of thiophene rings is 1. The Balaban J connectivity index is 1.67. The Morgan fingerprint density at radius 3 is 2.59 bits per heavy atom. The molecular weight excluding hydrogens is 371 g/mol. The van der Waals surface area contributed by atoms with E-state index in [1.54, 1.807) is 18.0 Å². The Kier molecular flexibility index (Phi) is 5.46. The number of carbonyl (C=O) groups excluding carboxylic acids is 2. The third-order valence-corrected chi connectivity index (χ3v) is 6.25. The molecule has 27 heavy (non-hydrogen) atoms. The smallest absolute Gasteiger partial charge is 0.306 e. The van der Waals surface area contributed by atoms with Gasteiger partial charge in [-0.25, -0.2) is 4.39 Å². The molecule has 144 valence electrons. The van der Waals surface area contributed by atoms with E-state index in [9.17, 15) is 18.8 Å². The summed E-state index contributed by atoms with van der Waals surface area (Å²) in [5.41, 5.74) is 0.779. The number of carboxylic acids is 1. The molecule has 3 rings (SSSR count). The highest BCUT2D eigenvalue weighted by Crippen LogP contribution is 2.32. The molecule has 1 aromatic heterocycles. The number of piperidine rings is 1. The van der Waals surface area contributed by atoms with Crippen molar-refractivity contribution in [2.24, 2.45) is 5.92 Å². The molecule has 0 bridgehead atoms. The number of hydrogen-bond donors (Lipinski definition) is 1. The molecule has 1 aliphatic heterocycles. The molecule has 0 aliphatic carbocycles. The molecule has 0 radical (unpaired) electrons. The van der Waals surface area contributed by atoms with Crippen LogP contribution in [0, 0.1) is 18.7 Å². The van der Waals surface area contributed by atoms with Gasteiger partial charge >= 0.3 is 5.97 Å². The number of aryl methyl sites for hydroxylation is 1. The summed E-state index contributed by atoms with van der Waals surface area (Å²) >= 11 is 1.22. The summed E-state index contributed by atoms with van der Waals surface area (Å²) in [5.74, 6) is -2.06. The van der Waals surface area contributed by atoms with E-state index < -0.39 is 11.9 Å². The van der Waals surface area contributed by atoms with Crippen LogP contribution in [0.15, 0.2) is 18.2 Å². The highest BCUT2D eigenvalue weighted by molar-refractivity contribution is 7.21. The first-order valence-electron chi connectivity index (χ1n) is 8.72. The molecule has 1 aliphatic rings. The Labute approximate surface area is 160 Å². The van der Waals surface area contributed by atoms with Crippen LogP contribution in [0.1, 0.15) is 28.1 Å². The van der Waals surface area contributed by atoms with Gasteiger partial charge in [0.15, 0.2) is 0 Å². The van der Waals surface area contributed by atoms with Gasteiger partial charge < -0.3 is 14.9 Å². The minimum absolute atomic E-state index is 0.0708. The lowest BCUT2D eigenvalue weighted by atomic mass is 9.97. The molecule has 1 N–H and O–H groups in total. The number of halogens is 1. The van der Waals surface area contributed by atoms with E-state index in [2.05, 4.69) is 0 Å². The van der Waals surface area contributed by atoms with E-state index in [0.717, 1.165) is 10.9 Å². The van der Waals surface area contributed by atoms with Gasteiger partial charge in [0.25, 0.3) is 5.91 Å². The fraction of sp³-hybridized carbons (Fsp3) is 0.421. The number of nitrogens with zero attached hydrogens (tertiary/aromatic N) is 2. The molecule has 0 atom stereocenters. The Morgan fingerprint density at radius 2 is 1.96 bits per heavy atom. The standard InChI is InChI=1S/C19H21FN2O4S/c1-11-14-4-3-13(20)9-15(14)27-17(11)18(24)21(2)10-16(23)22-7-5-12(6-8-22)19(25)26/h3-4,9,12H,5-8,10H2,1-2H3,(H,25,26). The van der Waals surface area contributed by atoms with Gasteiger partial charge in [-0.05, 0) is 42.8 Å². The zero-order valence-corrected chi connectivity index (χ0v) is 16.0. The normalized spacial score (nSPS) is 15.1. The van der Waals surface area contributed by atoms with Gasteiger partial charge in [-0.3, -0.25) is 14.4 Å². The molecule has 8 heteroatoms. The van der Waals surface area contributed by atoms with Crippen molar-refractivity contribution in [2.45, 2.75) is 19.8 Å². The van der Waals surface area contributed by atoms with Gasteiger partial charge in [0.2, 0.25) is 5.91 Å². The van der Waals surface area contributed by atoms with Gasteiger partial charge in [0.1, 0.15) is 5.82 Å². The largest absolute Gasteiger partial charge is 0.481 e. The van der Waals surface area contributed by atoms with Crippen LogP contribution in [0.5, 0.6) is 0 Å². The fourth-order valence-electron chi connectivity index (χ4n) is 3.33. The maximum atomic E-state index is 13.4. The number of carboxylic acid groups (broad SMARTS) is 1. The van der Waals surface area contributed by atoms with E-state index >= 15 is 0 Å². The van der Waals surface area contributed by atoms with Crippen molar-refractivity contribution in [1.29, 1.82) is 0 Å². The van der Waals surface area contributed by atoms with E-state index in [-0.39, 0.29) is 24.2 Å². The maximum absolute atomic E-state index is 13.4. The highest BCUT2D eigenvalue weighted by atomic mass is 32.1. The van der Waals surface area contributed by atoms with Crippen LogP contribution in [0.25, 0.3) is 10.1 Å². The maximum Gasteiger partial charge on any atom is 0.306 e. The fourth-order valence-corrected chi connectivity index (χ4v) is 4.56. The third-order valence-electron chi connectivity index (χ3n) is 5.01. The van der Waals surface area contributed by atoms with Crippen molar-refractivity contribution in [1.82, 2.24) is 9.80 Å². The molecule has 0 unspecified atom stereocenters. The number of hydrogen-bond acceptors (Lipinski definition) is 4. The second-order valence-corrected chi connectivity index (χ2v) is 7.90. The van der Waals surface area contributed by atoms with Gasteiger partial charge in [-0.15, -0.1) is 11.3 Å². The monoisotopic (exact) mass is 392 g/mol. The molecular formula is C19H21FN2O4S. The van der Waals surface area contributed by atoms with Crippen LogP contribution in [0.3, 0.4) is 0 Å². The number of likely N-dealkylation sites (N-methyl/N-ethyl adjacent to an activating group) is 1. The van der Waals surface area contributed by atoms with Crippen molar-refractivity contribution in [3.05, 3.63) is 34.5 Å². The van der Waals surface area contributed by atoms with E-state index in [0.29, 0.717) is 35.5 Å². The number of amides is 2. The van der Waals surface area contributed by atoms with Crippen LogP contribution in [-0.4, -0.2) is 59.4 Å². The summed E-state index contributed by atoms with van der Waals surface area (Å²) in [6, 6.07) is 4.43. The lowest BCUT2D eigenvalue weighted by molar-refractivity contribution is -0.145. The van der Waals surface area contributed by atoms with Crippen molar-refractivity contribution in [2.75, 3.05) is 26.7 Å². The average molecular weight is 392 g/mol. The van der Waals surface area contributed by atoms with Crippen LogP contribution in [0.4, 0.5) is 4.39 Å². The predicted octanol–water partition coefficient (Wildman–Crippen LogP) is 2.74. The summed E-state index contributed by atoms with van der Waals surface area (Å²) in [7, 11) is 1.56. The molecule has 0 saturated carbocycles. The minimum atomic E-state index is -0.828. The number of likely N-dealkylation sites (tertiary alicyclic amines) is 1. The van der Waals surface area contributed by atoms with Crippen LogP contribution in [0.2, 0.25) is 0 Å². The first-order chi connectivity index (χ1) is 12.8. The topological polar surface area (TPSA) is 77.9 Å². The van der Waals surface area contributed by atoms with Gasteiger partial charge in [0, 0.05) is 24.8 Å². The Hall–Kier alpha value is -2.48. The van der Waals surface area contributed by atoms with E-state index in [1.165, 1.54) is 28.4 Å². The lowest BCUT2D eigenvalue weighted by Gasteiger charge is -2.31. The molecule has 2 amide bonds. The summed E-state index contributed by atoms with van der Waals surface area (Å²) in [6.07, 6.45) is 0.861. The van der Waals surface area contributed by atoms with Crippen molar-refractivity contribution < 1.29 is 23.9 Å². The SMILES string of the molecule is Cc1c(C(=O)N(C)CC(=O)N2CCC(C(=O)O)CC2)sc2cc(F)ccc12. The van der Waals surface area contributed by atoms with Crippen LogP contribution < -0.4 is 0 Å². The lowest BCUT2D eigenvalue weighted by Crippen LogP contribution is -2.45. The molecule has 6 nitrogen and oxygen atoms in total. The Morgan fingerprint density at radius 1 is 1.30 bits per heavy atom. The first kappa shape index (κ1) is 19.3. The number of fused-ring (bicyclic) bond motifs is 1. The van der Waals surface area contributed by atoms with Crippen LogP contribution in [-0.2, 0) is 9.59 Å². The molecule has 2 aromatic rings. The second-order valence-electron chi connectivity index (χ2n) is 6.85. The first-order valence-corrected chi connectivity index (χ1v) is 9.54. The number of aliphatic carboxylic acids is 1. The third kappa shape index (κ3) is 3.95. The summed E-state index contributed by atoms with van der Waals surface area (Å²) < 4.78 is 14.1. The quantitative estimate of drug-likeness (QED) is 0.868. The zero-order valence-electron chi connectivity index (χ0n) is 15.2. The molecule has 1 saturated heterocycles. The Bertz CT molecular complexity index is 902. The highest BCUT2D eigenvalue weighted by Gasteiger charge is 2.28. The van der Waals surface area contributed by atoms with Gasteiger partial charge in [-0.2, -0.15) is 0 Å². The van der Waals surface area contributed by atoms with Crippen LogP contribution >= 0.6 is 11.3 Å². The molecule has 2 heterocycles. The second kappa shape index (κ2) is 7.64. The summed E-state index contributed by atoms with van der Waals surface area (Å²) in [4.78, 5) is 39.7. The van der Waals surface area contributed by atoms with Crippen molar-refractivity contribution in [3.8, 4) is 0 Å². The average Bonchev–Trinajstić information content (AvgIpc) is 2.96. The molecule has 1 aromatic carbocycles. The predicted molar refractivity (Wildman–Crippen MR) is 100 cm³/mol. The van der Waals surface area contributed by atoms with Gasteiger partial charge in [0.05, 0.1) is 17.3 Å². The molecule has 1 fully saturated rings. The summed E-state index contributed by atoms with van der Waals surface area (Å²) in [6.45, 7) is 2.52. The summed E-state index contributed by atoms with van der Waals surface area (Å²) in [5, 5.41) is 9.87. The number of benzene rings is 1.